The first-order chi connectivity index (χ1) is 14.5. The molecule has 1 atom stereocenters. The van der Waals surface area contributed by atoms with E-state index in [1.807, 2.05) is 67.6 Å². The molecule has 0 saturated carbocycles. The van der Waals surface area contributed by atoms with E-state index < -0.39 is 6.04 Å². The molecule has 0 aliphatic rings. The Kier molecular flexibility index (Phi) is 5.18. The largest absolute Gasteiger partial charge is 0.330 e. The molecule has 0 aliphatic heterocycles. The third kappa shape index (κ3) is 3.28. The molecule has 2 aromatic carbocycles. The lowest BCUT2D eigenvalue weighted by atomic mass is 10.2. The molecule has 0 spiro atoms. The van der Waals surface area contributed by atoms with Crippen molar-refractivity contribution in [3.63, 3.8) is 0 Å². The Hall–Kier alpha value is -3.74. The molecule has 1 amide bonds. The predicted octanol–water partition coefficient (Wildman–Crippen LogP) is 3.41. The molecule has 4 aromatic rings. The molecule has 1 unspecified atom stereocenters. The van der Waals surface area contributed by atoms with Crippen molar-refractivity contribution in [2.24, 2.45) is 7.05 Å². The summed E-state index contributed by atoms with van der Waals surface area (Å²) in [6.45, 7) is 4.15. The van der Waals surface area contributed by atoms with Crippen LogP contribution < -0.4 is 10.6 Å². The van der Waals surface area contributed by atoms with Crippen LogP contribution >= 0.6 is 0 Å². The summed E-state index contributed by atoms with van der Waals surface area (Å²) in [5.74, 6) is 0.375. The molecule has 4 rings (SSSR count). The van der Waals surface area contributed by atoms with E-state index in [0.29, 0.717) is 23.5 Å². The van der Waals surface area contributed by atoms with E-state index >= 15 is 0 Å². The zero-order valence-corrected chi connectivity index (χ0v) is 17.2. The highest BCUT2D eigenvalue weighted by Gasteiger charge is 2.27. The number of benzene rings is 2. The lowest BCUT2D eigenvalue weighted by Crippen LogP contribution is -2.39. The van der Waals surface area contributed by atoms with E-state index in [2.05, 4.69) is 9.97 Å². The molecule has 2 heterocycles. The van der Waals surface area contributed by atoms with E-state index in [1.165, 1.54) is 9.13 Å². The van der Waals surface area contributed by atoms with Gasteiger partial charge in [-0.2, -0.15) is 0 Å². The fourth-order valence-electron chi connectivity index (χ4n) is 3.65. The van der Waals surface area contributed by atoms with Gasteiger partial charge in [-0.3, -0.25) is 13.9 Å². The average Bonchev–Trinajstić information content (AvgIpc) is 3.04. The molecule has 2 aromatic heterocycles. The van der Waals surface area contributed by atoms with Crippen LogP contribution in [0.2, 0.25) is 0 Å². The summed E-state index contributed by atoms with van der Waals surface area (Å²) in [4.78, 5) is 37.0. The van der Waals surface area contributed by atoms with Gasteiger partial charge in [-0.25, -0.2) is 14.8 Å². The summed E-state index contributed by atoms with van der Waals surface area (Å²) < 4.78 is 2.93. The van der Waals surface area contributed by atoms with Crippen LogP contribution in [0.15, 0.2) is 71.7 Å². The Balaban J connectivity index is 1.78. The van der Waals surface area contributed by atoms with Gasteiger partial charge in [0.15, 0.2) is 11.5 Å². The number of hydrogen-bond donors (Lipinski definition) is 0. The van der Waals surface area contributed by atoms with E-state index in [9.17, 15) is 9.59 Å². The summed E-state index contributed by atoms with van der Waals surface area (Å²) in [7, 11) is 1.66. The number of carbonyl (C=O) groups excluding carboxylic acids is 1. The molecule has 0 N–H and O–H groups in total. The van der Waals surface area contributed by atoms with Crippen LogP contribution in [0.25, 0.3) is 22.6 Å². The first-order valence-electron chi connectivity index (χ1n) is 9.88. The minimum atomic E-state index is -0.701. The topological polar surface area (TPSA) is 73.0 Å². The number of aryl methyl sites for hydroxylation is 1. The second-order valence-electron chi connectivity index (χ2n) is 7.07. The number of nitrogens with zero attached hydrogens (tertiary/aromatic N) is 5. The number of hydrogen-bond acceptors (Lipinski definition) is 4. The Bertz CT molecular complexity index is 1250. The number of carbonyl (C=O) groups is 1. The lowest BCUT2D eigenvalue weighted by Gasteiger charge is -2.25. The van der Waals surface area contributed by atoms with Gasteiger partial charge >= 0.3 is 5.69 Å². The number of likely N-dealkylation sites (N-methyl/N-ethyl adjacent to an activating group) is 1. The zero-order chi connectivity index (χ0) is 21.3. The van der Waals surface area contributed by atoms with Gasteiger partial charge in [0, 0.05) is 24.8 Å². The van der Waals surface area contributed by atoms with Crippen molar-refractivity contribution in [1.82, 2.24) is 19.1 Å². The van der Waals surface area contributed by atoms with Crippen molar-refractivity contribution < 1.29 is 4.79 Å². The van der Waals surface area contributed by atoms with Gasteiger partial charge in [-0.1, -0.05) is 48.5 Å². The number of amides is 1. The first kappa shape index (κ1) is 19.6. The second-order valence-corrected chi connectivity index (χ2v) is 7.07. The Morgan fingerprint density at radius 2 is 1.70 bits per heavy atom. The number of para-hydroxylation sites is 1. The van der Waals surface area contributed by atoms with Crippen molar-refractivity contribution in [1.29, 1.82) is 0 Å². The van der Waals surface area contributed by atoms with Crippen LogP contribution in [0, 0.1) is 0 Å². The van der Waals surface area contributed by atoms with Gasteiger partial charge in [0.05, 0.1) is 6.20 Å². The van der Waals surface area contributed by atoms with Crippen LogP contribution in [0.1, 0.15) is 19.9 Å². The third-order valence-electron chi connectivity index (χ3n) is 5.25. The molecule has 0 radical (unpaired) electrons. The summed E-state index contributed by atoms with van der Waals surface area (Å²) in [5.41, 5.74) is 2.40. The molecule has 7 nitrogen and oxygen atoms in total. The second kappa shape index (κ2) is 7.94. The normalized spacial score (nSPS) is 12.1. The minimum Gasteiger partial charge on any atom is -0.311 e. The molecule has 0 aliphatic carbocycles. The van der Waals surface area contributed by atoms with Crippen LogP contribution in [0.4, 0.5) is 5.69 Å². The van der Waals surface area contributed by atoms with Gasteiger partial charge in [-0.15, -0.1) is 0 Å². The highest BCUT2D eigenvalue weighted by Crippen LogP contribution is 2.22. The molecular formula is C23H23N5O2. The Labute approximate surface area is 174 Å². The SMILES string of the molecule is CCN(C(=O)C(C)n1c(=O)n(C)c2nc(-c3ccccc3)ncc21)c1ccccc1. The fraction of sp³-hybridized carbons (Fsp3) is 0.217. The first-order valence-corrected chi connectivity index (χ1v) is 9.88. The Morgan fingerprint density at radius 3 is 2.33 bits per heavy atom. The lowest BCUT2D eigenvalue weighted by molar-refractivity contribution is -0.121. The van der Waals surface area contributed by atoms with Gasteiger partial charge in [0.25, 0.3) is 0 Å². The molecule has 30 heavy (non-hydrogen) atoms. The molecule has 0 saturated heterocycles. The van der Waals surface area contributed by atoms with Crippen molar-refractivity contribution in [3.05, 3.63) is 77.3 Å². The van der Waals surface area contributed by atoms with Crippen molar-refractivity contribution >= 4 is 22.8 Å². The number of fused-ring (bicyclic) bond motifs is 1. The smallest absolute Gasteiger partial charge is 0.311 e. The number of anilines is 1. The number of aromatic nitrogens is 4. The van der Waals surface area contributed by atoms with E-state index in [0.717, 1.165) is 11.3 Å². The van der Waals surface area contributed by atoms with Gasteiger partial charge < -0.3 is 4.90 Å². The van der Waals surface area contributed by atoms with Crippen LogP contribution in [-0.2, 0) is 11.8 Å². The van der Waals surface area contributed by atoms with Crippen molar-refractivity contribution in [2.45, 2.75) is 19.9 Å². The monoisotopic (exact) mass is 401 g/mol. The van der Waals surface area contributed by atoms with Crippen molar-refractivity contribution in [2.75, 3.05) is 11.4 Å². The summed E-state index contributed by atoms with van der Waals surface area (Å²) >= 11 is 0. The molecule has 152 valence electrons. The highest BCUT2D eigenvalue weighted by atomic mass is 16.2. The molecule has 0 fully saturated rings. The van der Waals surface area contributed by atoms with E-state index in [1.54, 1.807) is 25.1 Å². The van der Waals surface area contributed by atoms with Crippen molar-refractivity contribution in [3.8, 4) is 11.4 Å². The maximum Gasteiger partial charge on any atom is 0.330 e. The van der Waals surface area contributed by atoms with E-state index in [4.69, 9.17) is 0 Å². The standard InChI is InChI=1S/C23H23N5O2/c1-4-27(18-13-9-6-10-14-18)22(29)16(2)28-19-15-24-20(17-11-7-5-8-12-17)25-21(19)26(3)23(28)30/h5-16H,4H2,1-3H3. The quantitative estimate of drug-likeness (QED) is 0.514. The Morgan fingerprint density at radius 1 is 1.07 bits per heavy atom. The number of rotatable bonds is 5. The van der Waals surface area contributed by atoms with Gasteiger partial charge in [-0.05, 0) is 26.0 Å². The minimum absolute atomic E-state index is 0.162. The third-order valence-corrected chi connectivity index (χ3v) is 5.25. The van der Waals surface area contributed by atoms with Gasteiger partial charge in [0.2, 0.25) is 5.91 Å². The maximum atomic E-state index is 13.3. The van der Waals surface area contributed by atoms with Crippen LogP contribution in [0.5, 0.6) is 0 Å². The average molecular weight is 401 g/mol. The van der Waals surface area contributed by atoms with Gasteiger partial charge in [0.1, 0.15) is 11.6 Å². The zero-order valence-electron chi connectivity index (χ0n) is 17.2. The molecule has 7 heteroatoms. The number of imidazole rings is 1. The highest BCUT2D eigenvalue weighted by molar-refractivity contribution is 5.96. The molecule has 0 bridgehead atoms. The predicted molar refractivity (Wildman–Crippen MR) is 117 cm³/mol. The summed E-state index contributed by atoms with van der Waals surface area (Å²) in [6.07, 6.45) is 1.62. The maximum absolute atomic E-state index is 13.3. The van der Waals surface area contributed by atoms with E-state index in [-0.39, 0.29) is 11.6 Å². The summed E-state index contributed by atoms with van der Waals surface area (Å²) in [6, 6.07) is 18.3. The molecular weight excluding hydrogens is 378 g/mol. The van der Waals surface area contributed by atoms with Crippen LogP contribution in [-0.4, -0.2) is 31.6 Å². The fourth-order valence-corrected chi connectivity index (χ4v) is 3.65. The van der Waals surface area contributed by atoms with Crippen LogP contribution in [0.3, 0.4) is 0 Å². The summed E-state index contributed by atoms with van der Waals surface area (Å²) in [5, 5.41) is 0.